The summed E-state index contributed by atoms with van der Waals surface area (Å²) in [5.74, 6) is 0.784. The summed E-state index contributed by atoms with van der Waals surface area (Å²) in [7, 11) is 0. The van der Waals surface area contributed by atoms with E-state index in [1.165, 1.54) is 30.0 Å². The van der Waals surface area contributed by atoms with Crippen molar-refractivity contribution in [1.82, 2.24) is 0 Å². The van der Waals surface area contributed by atoms with Crippen LogP contribution in [0.1, 0.15) is 23.2 Å². The molecule has 1 aliphatic rings. The molecule has 0 aliphatic carbocycles. The van der Waals surface area contributed by atoms with Crippen LogP contribution in [0.4, 0.5) is 0 Å². The molecule has 18 heavy (non-hydrogen) atoms. The first kappa shape index (κ1) is 13.2. The van der Waals surface area contributed by atoms with Crippen molar-refractivity contribution in [3.05, 3.63) is 23.8 Å². The van der Waals surface area contributed by atoms with E-state index in [0.29, 0.717) is 5.75 Å². The van der Waals surface area contributed by atoms with Crippen molar-refractivity contribution in [2.45, 2.75) is 18.9 Å². The maximum absolute atomic E-state index is 11.8. The number of carbonyl (C=O) groups is 1. The number of thioether (sulfide) groups is 1. The number of phenolic OH excluding ortho intramolecular Hbond substituents is 2. The molecule has 0 aromatic heterocycles. The topological polar surface area (TPSA) is 66.8 Å². The zero-order valence-electron chi connectivity index (χ0n) is 9.96. The first-order valence-electron chi connectivity index (χ1n) is 5.91. The van der Waals surface area contributed by atoms with Crippen molar-refractivity contribution in [3.63, 3.8) is 0 Å². The first-order chi connectivity index (χ1) is 8.66. The van der Waals surface area contributed by atoms with E-state index in [9.17, 15) is 9.90 Å². The molecule has 1 atom stereocenters. The van der Waals surface area contributed by atoms with Crippen molar-refractivity contribution in [2.24, 2.45) is 0 Å². The van der Waals surface area contributed by atoms with E-state index in [0.717, 1.165) is 25.2 Å². The smallest absolute Gasteiger partial charge is 0.176 e. The second-order valence-corrected chi connectivity index (χ2v) is 5.31. The summed E-state index contributed by atoms with van der Waals surface area (Å²) < 4.78 is 5.47. The fourth-order valence-corrected chi connectivity index (χ4v) is 2.88. The van der Waals surface area contributed by atoms with Gasteiger partial charge in [-0.05, 0) is 25.0 Å². The zero-order valence-corrected chi connectivity index (χ0v) is 10.8. The summed E-state index contributed by atoms with van der Waals surface area (Å²) in [5.41, 5.74) is 0.257. The lowest BCUT2D eigenvalue weighted by molar-refractivity contribution is 0.101. The molecule has 1 saturated heterocycles. The largest absolute Gasteiger partial charge is 0.508 e. The number of ketones is 1. The normalized spacial score (nSPS) is 19.0. The standard InChI is InChI=1S/C13H16O4S/c14-9-3-4-11(12(15)6-9)13(16)8-18-7-10-2-1-5-17-10/h3-4,6,10,14-15H,1-2,5,7-8H2. The van der Waals surface area contributed by atoms with E-state index in [2.05, 4.69) is 0 Å². The lowest BCUT2D eigenvalue weighted by atomic mass is 10.1. The number of hydrogen-bond acceptors (Lipinski definition) is 5. The zero-order chi connectivity index (χ0) is 13.0. The van der Waals surface area contributed by atoms with Crippen LogP contribution in [0.2, 0.25) is 0 Å². The molecule has 0 amide bonds. The number of carbonyl (C=O) groups excluding carboxylic acids is 1. The second kappa shape index (κ2) is 6.11. The number of aromatic hydroxyl groups is 2. The van der Waals surface area contributed by atoms with Crippen LogP contribution < -0.4 is 0 Å². The van der Waals surface area contributed by atoms with E-state index in [-0.39, 0.29) is 28.9 Å². The monoisotopic (exact) mass is 268 g/mol. The van der Waals surface area contributed by atoms with Gasteiger partial charge in [-0.3, -0.25) is 4.79 Å². The van der Waals surface area contributed by atoms with Crippen LogP contribution in [0.3, 0.4) is 0 Å². The highest BCUT2D eigenvalue weighted by molar-refractivity contribution is 8.00. The summed E-state index contributed by atoms with van der Waals surface area (Å²) in [4.78, 5) is 11.8. The Morgan fingerprint density at radius 3 is 2.94 bits per heavy atom. The number of rotatable bonds is 5. The van der Waals surface area contributed by atoms with Crippen LogP contribution in [-0.4, -0.2) is 40.2 Å². The van der Waals surface area contributed by atoms with Gasteiger partial charge >= 0.3 is 0 Å². The number of benzene rings is 1. The van der Waals surface area contributed by atoms with Gasteiger partial charge in [0.25, 0.3) is 0 Å². The van der Waals surface area contributed by atoms with Crippen molar-refractivity contribution in [1.29, 1.82) is 0 Å². The molecule has 0 spiro atoms. The molecule has 1 heterocycles. The van der Waals surface area contributed by atoms with Gasteiger partial charge in [-0.15, -0.1) is 0 Å². The number of hydrogen-bond donors (Lipinski definition) is 2. The van der Waals surface area contributed by atoms with Gasteiger partial charge in [0.2, 0.25) is 0 Å². The fraction of sp³-hybridized carbons (Fsp3) is 0.462. The first-order valence-corrected chi connectivity index (χ1v) is 7.07. The van der Waals surface area contributed by atoms with Crippen molar-refractivity contribution < 1.29 is 19.7 Å². The summed E-state index contributed by atoms with van der Waals surface area (Å²) >= 11 is 1.52. The number of Topliss-reactive ketones (excluding diaryl/α,β-unsaturated/α-hetero) is 1. The van der Waals surface area contributed by atoms with Crippen molar-refractivity contribution >= 4 is 17.5 Å². The molecule has 1 fully saturated rings. The molecule has 1 aromatic rings. The van der Waals surface area contributed by atoms with Crippen LogP contribution in [0.5, 0.6) is 11.5 Å². The third kappa shape index (κ3) is 3.40. The quantitative estimate of drug-likeness (QED) is 0.801. The van der Waals surface area contributed by atoms with E-state index in [1.807, 2.05) is 0 Å². The van der Waals surface area contributed by atoms with Gasteiger partial charge in [-0.1, -0.05) is 0 Å². The SMILES string of the molecule is O=C(CSCC1CCCO1)c1ccc(O)cc1O. The molecule has 0 saturated carbocycles. The Hall–Kier alpha value is -1.20. The molecule has 2 rings (SSSR count). The van der Waals surface area contributed by atoms with Gasteiger partial charge in [0.15, 0.2) is 5.78 Å². The predicted octanol–water partition coefficient (Wildman–Crippen LogP) is 2.19. The van der Waals surface area contributed by atoms with Gasteiger partial charge in [-0.2, -0.15) is 11.8 Å². The maximum Gasteiger partial charge on any atom is 0.176 e. The number of ether oxygens (including phenoxy) is 1. The molecule has 0 radical (unpaired) electrons. The Balaban J connectivity index is 1.83. The lowest BCUT2D eigenvalue weighted by Gasteiger charge is -2.08. The van der Waals surface area contributed by atoms with Gasteiger partial charge in [0, 0.05) is 18.4 Å². The molecule has 5 heteroatoms. The molecule has 0 bridgehead atoms. The molecule has 2 N–H and O–H groups in total. The summed E-state index contributed by atoms with van der Waals surface area (Å²) in [6.45, 7) is 0.817. The molecular formula is C13H16O4S. The molecule has 1 unspecified atom stereocenters. The van der Waals surface area contributed by atoms with E-state index in [1.54, 1.807) is 0 Å². The van der Waals surface area contributed by atoms with Gasteiger partial charge in [0.1, 0.15) is 11.5 Å². The Labute approximate surface area is 110 Å². The van der Waals surface area contributed by atoms with Crippen LogP contribution in [0, 0.1) is 0 Å². The summed E-state index contributed by atoms with van der Waals surface area (Å²) in [6.07, 6.45) is 2.42. The summed E-state index contributed by atoms with van der Waals surface area (Å²) in [5, 5.41) is 18.7. The Morgan fingerprint density at radius 1 is 1.44 bits per heavy atom. The molecular weight excluding hydrogens is 252 g/mol. The Morgan fingerprint density at radius 2 is 2.28 bits per heavy atom. The third-order valence-corrected chi connectivity index (χ3v) is 3.92. The Kier molecular flexibility index (Phi) is 4.49. The third-order valence-electron chi connectivity index (χ3n) is 2.84. The van der Waals surface area contributed by atoms with E-state index in [4.69, 9.17) is 9.84 Å². The van der Waals surface area contributed by atoms with Crippen LogP contribution >= 0.6 is 11.8 Å². The maximum atomic E-state index is 11.8. The molecule has 4 nitrogen and oxygen atoms in total. The highest BCUT2D eigenvalue weighted by Gasteiger charge is 2.17. The Bertz CT molecular complexity index is 427. The fourth-order valence-electron chi connectivity index (χ4n) is 1.89. The second-order valence-electron chi connectivity index (χ2n) is 4.27. The average Bonchev–Trinajstić information content (AvgIpc) is 2.81. The van der Waals surface area contributed by atoms with Crippen LogP contribution in [0.15, 0.2) is 18.2 Å². The van der Waals surface area contributed by atoms with Gasteiger partial charge in [-0.25, -0.2) is 0 Å². The van der Waals surface area contributed by atoms with Crippen LogP contribution in [-0.2, 0) is 4.74 Å². The molecule has 98 valence electrons. The van der Waals surface area contributed by atoms with Crippen molar-refractivity contribution in [3.8, 4) is 11.5 Å². The highest BCUT2D eigenvalue weighted by atomic mass is 32.2. The van der Waals surface area contributed by atoms with Crippen molar-refractivity contribution in [2.75, 3.05) is 18.1 Å². The van der Waals surface area contributed by atoms with Crippen LogP contribution in [0.25, 0.3) is 0 Å². The average molecular weight is 268 g/mol. The van der Waals surface area contributed by atoms with E-state index < -0.39 is 0 Å². The summed E-state index contributed by atoms with van der Waals surface area (Å²) in [6, 6.07) is 4.02. The lowest BCUT2D eigenvalue weighted by Crippen LogP contribution is -2.11. The minimum atomic E-state index is -0.169. The molecule has 1 aromatic carbocycles. The molecule has 1 aliphatic heterocycles. The van der Waals surface area contributed by atoms with Gasteiger partial charge < -0.3 is 14.9 Å². The van der Waals surface area contributed by atoms with Gasteiger partial charge in [0.05, 0.1) is 17.4 Å². The number of phenols is 2. The minimum absolute atomic E-state index is 0.0453. The van der Waals surface area contributed by atoms with E-state index >= 15 is 0 Å². The minimum Gasteiger partial charge on any atom is -0.508 e. The highest BCUT2D eigenvalue weighted by Crippen LogP contribution is 2.24. The predicted molar refractivity (Wildman–Crippen MR) is 70.4 cm³/mol.